The molecule has 0 spiro atoms. The molecular weight excluding hydrogens is 227 g/mol. The summed E-state index contributed by atoms with van der Waals surface area (Å²) in [6.07, 6.45) is 0. The van der Waals surface area contributed by atoms with Crippen molar-refractivity contribution in [2.45, 2.75) is 20.8 Å². The predicted molar refractivity (Wildman–Crippen MR) is 44.3 cm³/mol. The average molecular weight is 236 g/mol. The smallest absolute Gasteiger partial charge is 0.309 e. The highest BCUT2D eigenvalue weighted by Crippen LogP contribution is 1.97. The summed E-state index contributed by atoms with van der Waals surface area (Å²) < 4.78 is 0. The molecule has 9 nitrogen and oxygen atoms in total. The highest BCUT2D eigenvalue weighted by atomic mass is 17.3. The van der Waals surface area contributed by atoms with Gasteiger partial charge in [-0.05, 0) is 0 Å². The summed E-state index contributed by atoms with van der Waals surface area (Å²) in [4.78, 5) is 55.5. The van der Waals surface area contributed by atoms with Crippen LogP contribution in [0.2, 0.25) is 0 Å². The van der Waals surface area contributed by atoms with Crippen LogP contribution < -0.4 is 0 Å². The molecule has 0 aliphatic rings. The molecule has 0 aliphatic carbocycles. The molecule has 0 unspecified atom stereocenters. The Morgan fingerprint density at radius 1 is 0.688 bits per heavy atom. The second-order valence-electron chi connectivity index (χ2n) is 2.30. The molecule has 0 aromatic heterocycles. The van der Waals surface area contributed by atoms with Crippen molar-refractivity contribution in [2.75, 3.05) is 0 Å². The Kier molecular flexibility index (Phi) is 6.84. The van der Waals surface area contributed by atoms with Gasteiger partial charge in [-0.3, -0.25) is 0 Å². The van der Waals surface area contributed by atoms with E-state index >= 15 is 0 Å². The third kappa shape index (κ3) is 8.93. The van der Waals surface area contributed by atoms with Crippen LogP contribution in [0.25, 0.3) is 0 Å². The molecule has 0 saturated heterocycles. The molecule has 0 saturated carbocycles. The van der Waals surface area contributed by atoms with Gasteiger partial charge in [-0.25, -0.2) is 14.4 Å². The second-order valence-corrected chi connectivity index (χ2v) is 2.30. The van der Waals surface area contributed by atoms with E-state index < -0.39 is 25.2 Å². The molecule has 0 rings (SSSR count). The molecule has 0 atom stereocenters. The van der Waals surface area contributed by atoms with Crippen molar-refractivity contribution in [3.8, 4) is 0 Å². The maximum atomic E-state index is 10.4. The van der Waals surface area contributed by atoms with E-state index in [0.29, 0.717) is 0 Å². The molecule has 0 aliphatic heterocycles. The van der Waals surface area contributed by atoms with Crippen LogP contribution in [0.4, 0.5) is 0 Å². The standard InChI is InChI=1S/C6H9BO9/c1-4(8)11-14-7(15-12-5(2)9)16-13-6(3)10/h1-3H3. The van der Waals surface area contributed by atoms with Crippen molar-refractivity contribution < 1.29 is 43.5 Å². The van der Waals surface area contributed by atoms with Gasteiger partial charge in [0.25, 0.3) is 0 Å². The van der Waals surface area contributed by atoms with Crippen LogP contribution in [0.1, 0.15) is 20.8 Å². The second kappa shape index (κ2) is 7.62. The van der Waals surface area contributed by atoms with Gasteiger partial charge in [-0.15, -0.1) is 0 Å². The van der Waals surface area contributed by atoms with E-state index in [1.165, 1.54) is 0 Å². The SMILES string of the molecule is CC(=O)OOB(OOC(C)=O)OOC(C)=O. The van der Waals surface area contributed by atoms with E-state index in [1.807, 2.05) is 0 Å². The minimum Gasteiger partial charge on any atom is -0.309 e. The molecule has 0 amide bonds. The van der Waals surface area contributed by atoms with E-state index in [1.54, 1.807) is 0 Å². The minimum absolute atomic E-state index is 0.817. The van der Waals surface area contributed by atoms with Gasteiger partial charge in [-0.2, -0.15) is 14.4 Å². The normalized spacial score (nSPS) is 9.19. The van der Waals surface area contributed by atoms with E-state index in [0.717, 1.165) is 20.8 Å². The van der Waals surface area contributed by atoms with Gasteiger partial charge in [0.15, 0.2) is 0 Å². The fourth-order valence-electron chi connectivity index (χ4n) is 0.369. The first kappa shape index (κ1) is 14.4. The van der Waals surface area contributed by atoms with Crippen LogP contribution in [0.5, 0.6) is 0 Å². The molecule has 0 aromatic rings. The average Bonchev–Trinajstić information content (AvgIpc) is 2.15. The number of hydrogen-bond acceptors (Lipinski definition) is 9. The Bertz CT molecular complexity index is 222. The van der Waals surface area contributed by atoms with Crippen LogP contribution in [-0.4, -0.2) is 25.2 Å². The highest BCUT2D eigenvalue weighted by Gasteiger charge is 2.31. The summed E-state index contributed by atoms with van der Waals surface area (Å²) in [5, 5.41) is 0. The van der Waals surface area contributed by atoms with Gasteiger partial charge < -0.3 is 14.7 Å². The summed E-state index contributed by atoms with van der Waals surface area (Å²) in [6.45, 7) is 3.11. The molecule has 0 radical (unpaired) electrons. The molecule has 0 heterocycles. The topological polar surface area (TPSA) is 107 Å². The maximum absolute atomic E-state index is 10.4. The van der Waals surface area contributed by atoms with Crippen LogP contribution in [0.15, 0.2) is 0 Å². The summed E-state index contributed by atoms with van der Waals surface area (Å²) >= 11 is 0. The van der Waals surface area contributed by atoms with Gasteiger partial charge in [0.2, 0.25) is 0 Å². The first-order valence-electron chi connectivity index (χ1n) is 3.93. The Labute approximate surface area is 90.4 Å². The van der Waals surface area contributed by atoms with Gasteiger partial charge in [0, 0.05) is 20.8 Å². The van der Waals surface area contributed by atoms with Crippen LogP contribution in [0.3, 0.4) is 0 Å². The highest BCUT2D eigenvalue weighted by molar-refractivity contribution is 6.35. The third-order valence-corrected chi connectivity index (χ3v) is 0.732. The summed E-state index contributed by atoms with van der Waals surface area (Å²) in [7, 11) is -1.84. The first-order valence-corrected chi connectivity index (χ1v) is 3.93. The lowest BCUT2D eigenvalue weighted by molar-refractivity contribution is -0.314. The summed E-state index contributed by atoms with van der Waals surface area (Å²) in [5.74, 6) is -2.45. The summed E-state index contributed by atoms with van der Waals surface area (Å²) in [5.41, 5.74) is 0. The van der Waals surface area contributed by atoms with Gasteiger partial charge >= 0.3 is 25.2 Å². The van der Waals surface area contributed by atoms with Crippen molar-refractivity contribution in [2.24, 2.45) is 0 Å². The molecular formula is C6H9BO9. The molecule has 0 N–H and O–H groups in total. The Hall–Kier alpha value is -1.65. The Balaban J connectivity index is 3.98. The van der Waals surface area contributed by atoms with Gasteiger partial charge in [0.05, 0.1) is 0 Å². The largest absolute Gasteiger partial charge is 0.754 e. The number of hydrogen-bond donors (Lipinski definition) is 0. The number of carbonyl (C=O) groups excluding carboxylic acids is 3. The zero-order valence-corrected chi connectivity index (χ0v) is 8.75. The maximum Gasteiger partial charge on any atom is 0.754 e. The fourth-order valence-corrected chi connectivity index (χ4v) is 0.369. The number of rotatable bonds is 6. The quantitative estimate of drug-likeness (QED) is 0.341. The Morgan fingerprint density at radius 2 is 0.938 bits per heavy atom. The lowest BCUT2D eigenvalue weighted by atomic mass is 10.3. The van der Waals surface area contributed by atoms with E-state index in [-0.39, 0.29) is 0 Å². The van der Waals surface area contributed by atoms with E-state index in [2.05, 4.69) is 29.1 Å². The van der Waals surface area contributed by atoms with E-state index in [9.17, 15) is 14.4 Å². The van der Waals surface area contributed by atoms with Crippen molar-refractivity contribution in [3.63, 3.8) is 0 Å². The van der Waals surface area contributed by atoms with Crippen molar-refractivity contribution >= 4 is 25.2 Å². The van der Waals surface area contributed by atoms with Crippen molar-refractivity contribution in [1.29, 1.82) is 0 Å². The van der Waals surface area contributed by atoms with Crippen LogP contribution >= 0.6 is 0 Å². The molecule has 16 heavy (non-hydrogen) atoms. The van der Waals surface area contributed by atoms with Crippen LogP contribution in [-0.2, 0) is 43.5 Å². The molecule has 0 fully saturated rings. The lowest BCUT2D eigenvalue weighted by Gasteiger charge is -2.08. The molecule has 10 heteroatoms. The van der Waals surface area contributed by atoms with E-state index in [4.69, 9.17) is 0 Å². The zero-order chi connectivity index (χ0) is 12.6. The van der Waals surface area contributed by atoms with Gasteiger partial charge in [-0.1, -0.05) is 0 Å². The predicted octanol–water partition coefficient (Wildman–Crippen LogP) is -0.545. The number of carbonyl (C=O) groups is 3. The summed E-state index contributed by atoms with van der Waals surface area (Å²) in [6, 6.07) is 0. The van der Waals surface area contributed by atoms with Crippen LogP contribution in [0, 0.1) is 0 Å². The monoisotopic (exact) mass is 236 g/mol. The van der Waals surface area contributed by atoms with Crippen molar-refractivity contribution in [1.82, 2.24) is 0 Å². The Morgan fingerprint density at radius 3 is 1.12 bits per heavy atom. The molecule has 0 aromatic carbocycles. The van der Waals surface area contributed by atoms with Crippen molar-refractivity contribution in [3.05, 3.63) is 0 Å². The third-order valence-electron chi connectivity index (χ3n) is 0.732. The first-order chi connectivity index (χ1) is 7.41. The van der Waals surface area contributed by atoms with Gasteiger partial charge in [0.1, 0.15) is 0 Å². The molecule has 90 valence electrons. The minimum atomic E-state index is -1.84. The fraction of sp³-hybridized carbons (Fsp3) is 0.500. The zero-order valence-electron chi connectivity index (χ0n) is 8.75. The molecule has 0 bridgehead atoms. The lowest BCUT2D eigenvalue weighted by Crippen LogP contribution is -2.30.